The number of likely N-dealkylation sites (tertiary alicyclic amines) is 1. The second-order valence-corrected chi connectivity index (χ2v) is 4.73. The van der Waals surface area contributed by atoms with E-state index in [1.165, 1.54) is 31.9 Å². The molecule has 1 saturated heterocycles. The van der Waals surface area contributed by atoms with Crippen LogP contribution >= 0.6 is 0 Å². The van der Waals surface area contributed by atoms with E-state index in [0.717, 1.165) is 25.9 Å². The molecule has 0 aromatic heterocycles. The lowest BCUT2D eigenvalue weighted by Crippen LogP contribution is -2.45. The molecular weight excluding hydrogens is 190 g/mol. The second kappa shape index (κ2) is 3.87. The molecule has 1 amide bonds. The molecule has 1 spiro atoms. The van der Waals surface area contributed by atoms with Crippen molar-refractivity contribution in [3.63, 3.8) is 0 Å². The molecule has 2 fully saturated rings. The zero-order chi connectivity index (χ0) is 10.9. The number of hydrogen-bond acceptors (Lipinski definition) is 2. The summed E-state index contributed by atoms with van der Waals surface area (Å²) < 4.78 is 4.78. The van der Waals surface area contributed by atoms with E-state index in [2.05, 4.69) is 6.58 Å². The Kier molecular flexibility index (Phi) is 2.72. The van der Waals surface area contributed by atoms with Gasteiger partial charge in [0, 0.05) is 18.5 Å². The number of nitrogens with zero attached hydrogens (tertiary/aromatic N) is 1. The number of carbonyl (C=O) groups excluding carboxylic acids is 1. The second-order valence-electron chi connectivity index (χ2n) is 4.73. The lowest BCUT2D eigenvalue weighted by atomic mass is 9.76. The minimum absolute atomic E-state index is 0.186. The number of piperidine rings is 1. The predicted molar refractivity (Wildman–Crippen MR) is 58.6 cm³/mol. The Morgan fingerprint density at radius 3 is 2.80 bits per heavy atom. The minimum Gasteiger partial charge on any atom is -0.453 e. The van der Waals surface area contributed by atoms with Crippen molar-refractivity contribution in [2.24, 2.45) is 5.41 Å². The van der Waals surface area contributed by atoms with Gasteiger partial charge in [0.05, 0.1) is 7.11 Å². The monoisotopic (exact) mass is 209 g/mol. The number of rotatable bonds is 0. The van der Waals surface area contributed by atoms with Crippen molar-refractivity contribution in [3.8, 4) is 0 Å². The zero-order valence-electron chi connectivity index (χ0n) is 9.42. The fourth-order valence-electron chi connectivity index (χ4n) is 2.99. The molecule has 0 aromatic rings. The van der Waals surface area contributed by atoms with E-state index in [1.807, 2.05) is 4.90 Å². The largest absolute Gasteiger partial charge is 0.453 e. The Morgan fingerprint density at radius 2 is 2.20 bits per heavy atom. The third-order valence-corrected chi connectivity index (χ3v) is 3.89. The highest BCUT2D eigenvalue weighted by Crippen LogP contribution is 2.47. The van der Waals surface area contributed by atoms with Crippen molar-refractivity contribution in [2.75, 3.05) is 20.2 Å². The first-order valence-corrected chi connectivity index (χ1v) is 5.69. The Labute approximate surface area is 91.1 Å². The zero-order valence-corrected chi connectivity index (χ0v) is 9.42. The van der Waals surface area contributed by atoms with Gasteiger partial charge in [-0.25, -0.2) is 4.79 Å². The number of hydrogen-bond donors (Lipinski definition) is 0. The molecule has 1 atom stereocenters. The van der Waals surface area contributed by atoms with Gasteiger partial charge in [-0.3, -0.25) is 0 Å². The van der Waals surface area contributed by atoms with Crippen LogP contribution in [-0.2, 0) is 4.74 Å². The summed E-state index contributed by atoms with van der Waals surface area (Å²) in [5.41, 5.74) is 1.56. The van der Waals surface area contributed by atoms with E-state index in [4.69, 9.17) is 4.74 Å². The summed E-state index contributed by atoms with van der Waals surface area (Å²) in [6.07, 6.45) is 5.64. The van der Waals surface area contributed by atoms with E-state index >= 15 is 0 Å². The number of amides is 1. The molecule has 0 radical (unpaired) electrons. The van der Waals surface area contributed by atoms with Crippen LogP contribution in [0.15, 0.2) is 12.2 Å². The Morgan fingerprint density at radius 1 is 1.47 bits per heavy atom. The summed E-state index contributed by atoms with van der Waals surface area (Å²) in [6.45, 7) is 5.82. The van der Waals surface area contributed by atoms with Crippen LogP contribution in [0.4, 0.5) is 4.79 Å². The highest BCUT2D eigenvalue weighted by molar-refractivity contribution is 5.67. The van der Waals surface area contributed by atoms with Crippen molar-refractivity contribution >= 4 is 6.09 Å². The third kappa shape index (κ3) is 1.75. The standard InChI is InChI=1S/C12H19NO2/c1-10-5-3-6-12(10)7-4-8-13(9-12)11(14)15-2/h1,3-9H2,2H3. The first kappa shape index (κ1) is 10.5. The lowest BCUT2D eigenvalue weighted by Gasteiger charge is -2.40. The summed E-state index contributed by atoms with van der Waals surface area (Å²) >= 11 is 0. The van der Waals surface area contributed by atoms with E-state index in [1.54, 1.807) is 0 Å². The van der Waals surface area contributed by atoms with E-state index in [9.17, 15) is 4.79 Å². The van der Waals surface area contributed by atoms with Crippen LogP contribution in [0.3, 0.4) is 0 Å². The quantitative estimate of drug-likeness (QED) is 0.574. The van der Waals surface area contributed by atoms with E-state index < -0.39 is 0 Å². The minimum atomic E-state index is -0.186. The lowest BCUT2D eigenvalue weighted by molar-refractivity contribution is 0.0827. The summed E-state index contributed by atoms with van der Waals surface area (Å²) in [5.74, 6) is 0. The smallest absolute Gasteiger partial charge is 0.409 e. The number of ether oxygens (including phenoxy) is 1. The fraction of sp³-hybridized carbons (Fsp3) is 0.750. The molecular formula is C12H19NO2. The highest BCUT2D eigenvalue weighted by Gasteiger charge is 2.41. The van der Waals surface area contributed by atoms with Crippen LogP contribution < -0.4 is 0 Å². The fourth-order valence-corrected chi connectivity index (χ4v) is 2.99. The van der Waals surface area contributed by atoms with Gasteiger partial charge in [0.1, 0.15) is 0 Å². The molecule has 3 heteroatoms. The SMILES string of the molecule is C=C1CCCC12CCCN(C(=O)OC)C2. The van der Waals surface area contributed by atoms with Gasteiger partial charge in [-0.15, -0.1) is 0 Å². The van der Waals surface area contributed by atoms with E-state index in [0.29, 0.717) is 0 Å². The van der Waals surface area contributed by atoms with E-state index in [-0.39, 0.29) is 11.5 Å². The molecule has 2 rings (SSSR count). The first-order valence-electron chi connectivity index (χ1n) is 5.69. The van der Waals surface area contributed by atoms with Gasteiger partial charge < -0.3 is 9.64 Å². The predicted octanol–water partition coefficient (Wildman–Crippen LogP) is 2.58. The number of methoxy groups -OCH3 is 1. The molecule has 15 heavy (non-hydrogen) atoms. The van der Waals surface area contributed by atoms with Crippen molar-refractivity contribution in [2.45, 2.75) is 32.1 Å². The van der Waals surface area contributed by atoms with Gasteiger partial charge in [0.2, 0.25) is 0 Å². The Bertz CT molecular complexity index is 287. The van der Waals surface area contributed by atoms with Gasteiger partial charge in [-0.1, -0.05) is 12.2 Å². The highest BCUT2D eigenvalue weighted by atomic mass is 16.5. The Balaban J connectivity index is 2.09. The number of carbonyl (C=O) groups is 1. The van der Waals surface area contributed by atoms with Crippen molar-refractivity contribution in [1.29, 1.82) is 0 Å². The van der Waals surface area contributed by atoms with Gasteiger partial charge in [-0.2, -0.15) is 0 Å². The summed E-state index contributed by atoms with van der Waals surface area (Å²) in [4.78, 5) is 13.3. The maximum Gasteiger partial charge on any atom is 0.409 e. The average molecular weight is 209 g/mol. The van der Waals surface area contributed by atoms with Crippen molar-refractivity contribution in [1.82, 2.24) is 4.90 Å². The summed E-state index contributed by atoms with van der Waals surface area (Å²) in [7, 11) is 1.45. The molecule has 1 aliphatic heterocycles. The summed E-state index contributed by atoms with van der Waals surface area (Å²) in [6, 6.07) is 0. The van der Waals surface area contributed by atoms with Gasteiger partial charge in [0.15, 0.2) is 0 Å². The molecule has 1 aliphatic carbocycles. The molecule has 0 bridgehead atoms. The normalized spacial score (nSPS) is 31.0. The molecule has 1 saturated carbocycles. The molecule has 3 nitrogen and oxygen atoms in total. The first-order chi connectivity index (χ1) is 7.18. The molecule has 0 aromatic carbocycles. The van der Waals surface area contributed by atoms with Gasteiger partial charge in [-0.05, 0) is 32.1 Å². The summed E-state index contributed by atoms with van der Waals surface area (Å²) in [5, 5.41) is 0. The van der Waals surface area contributed by atoms with Crippen LogP contribution in [0.1, 0.15) is 32.1 Å². The van der Waals surface area contributed by atoms with Gasteiger partial charge in [0.25, 0.3) is 0 Å². The van der Waals surface area contributed by atoms with Crippen LogP contribution in [-0.4, -0.2) is 31.2 Å². The third-order valence-electron chi connectivity index (χ3n) is 3.89. The average Bonchev–Trinajstić information content (AvgIpc) is 2.59. The Hall–Kier alpha value is -0.990. The van der Waals surface area contributed by atoms with Crippen LogP contribution in [0.2, 0.25) is 0 Å². The maximum atomic E-state index is 11.5. The maximum absolute atomic E-state index is 11.5. The molecule has 1 heterocycles. The molecule has 0 N–H and O–H groups in total. The topological polar surface area (TPSA) is 29.5 Å². The van der Waals surface area contributed by atoms with Crippen molar-refractivity contribution in [3.05, 3.63) is 12.2 Å². The molecule has 84 valence electrons. The van der Waals surface area contributed by atoms with Crippen LogP contribution in [0.5, 0.6) is 0 Å². The molecule has 1 unspecified atom stereocenters. The van der Waals surface area contributed by atoms with Crippen LogP contribution in [0, 0.1) is 5.41 Å². The van der Waals surface area contributed by atoms with Crippen LogP contribution in [0.25, 0.3) is 0 Å². The molecule has 2 aliphatic rings. The van der Waals surface area contributed by atoms with Crippen molar-refractivity contribution < 1.29 is 9.53 Å². The van der Waals surface area contributed by atoms with Gasteiger partial charge >= 0.3 is 6.09 Å².